The van der Waals surface area contributed by atoms with Gasteiger partial charge in [-0.3, -0.25) is 9.63 Å². The summed E-state index contributed by atoms with van der Waals surface area (Å²) in [5.74, 6) is -1.78. The molecule has 5 nitrogen and oxygen atoms in total. The largest absolute Gasteiger partial charge is 0.479 e. The first kappa shape index (κ1) is 14.5. The Bertz CT molecular complexity index is 488. The van der Waals surface area contributed by atoms with E-state index in [9.17, 15) is 9.59 Å². The third-order valence-electron chi connectivity index (χ3n) is 1.75. The summed E-state index contributed by atoms with van der Waals surface area (Å²) in [6.45, 7) is -0.610. The number of halogens is 2. The Labute approximate surface area is 113 Å². The monoisotopic (exact) mass is 289 g/mol. The van der Waals surface area contributed by atoms with Gasteiger partial charge in [-0.1, -0.05) is 29.3 Å². The van der Waals surface area contributed by atoms with Gasteiger partial charge in [0.15, 0.2) is 6.61 Å². The van der Waals surface area contributed by atoms with Crippen molar-refractivity contribution < 1.29 is 19.5 Å². The molecule has 0 aliphatic rings. The van der Waals surface area contributed by atoms with Crippen LogP contribution in [0.4, 0.5) is 0 Å². The number of carbonyl (C=O) groups is 2. The second kappa shape index (κ2) is 7.00. The van der Waals surface area contributed by atoms with Gasteiger partial charge in [-0.25, -0.2) is 10.3 Å². The van der Waals surface area contributed by atoms with E-state index in [0.29, 0.717) is 15.6 Å². The molecular formula is C11H9Cl2NO4. The Balaban J connectivity index is 2.53. The van der Waals surface area contributed by atoms with Crippen molar-refractivity contribution in [1.82, 2.24) is 5.48 Å². The zero-order valence-electron chi connectivity index (χ0n) is 9.02. The number of carboxylic acids is 1. The maximum Gasteiger partial charge on any atom is 0.332 e. The maximum atomic E-state index is 11.2. The van der Waals surface area contributed by atoms with Crippen molar-refractivity contribution in [2.24, 2.45) is 0 Å². The van der Waals surface area contributed by atoms with Crippen LogP contribution in [0.1, 0.15) is 5.56 Å². The van der Waals surface area contributed by atoms with Gasteiger partial charge in [0.2, 0.25) is 0 Å². The van der Waals surface area contributed by atoms with Gasteiger partial charge in [-0.15, -0.1) is 0 Å². The van der Waals surface area contributed by atoms with E-state index in [1.165, 1.54) is 6.08 Å². The van der Waals surface area contributed by atoms with Crippen LogP contribution in [0.5, 0.6) is 0 Å². The van der Waals surface area contributed by atoms with Gasteiger partial charge < -0.3 is 5.11 Å². The summed E-state index contributed by atoms with van der Waals surface area (Å²) < 4.78 is 0. The second-order valence-corrected chi connectivity index (χ2v) is 3.99. The maximum absolute atomic E-state index is 11.2. The van der Waals surface area contributed by atoms with E-state index in [4.69, 9.17) is 28.3 Å². The summed E-state index contributed by atoms with van der Waals surface area (Å²) >= 11 is 11.6. The van der Waals surface area contributed by atoms with Gasteiger partial charge in [0, 0.05) is 16.1 Å². The van der Waals surface area contributed by atoms with Crippen LogP contribution in [-0.2, 0) is 14.4 Å². The first-order chi connectivity index (χ1) is 8.49. The molecule has 0 bridgehead atoms. The number of hydrogen-bond acceptors (Lipinski definition) is 3. The lowest BCUT2D eigenvalue weighted by atomic mass is 10.2. The molecule has 18 heavy (non-hydrogen) atoms. The van der Waals surface area contributed by atoms with Crippen molar-refractivity contribution in [3.8, 4) is 0 Å². The Morgan fingerprint density at radius 2 is 2.11 bits per heavy atom. The zero-order valence-corrected chi connectivity index (χ0v) is 10.5. The van der Waals surface area contributed by atoms with E-state index >= 15 is 0 Å². The summed E-state index contributed by atoms with van der Waals surface area (Å²) in [5.41, 5.74) is 2.55. The second-order valence-electron chi connectivity index (χ2n) is 3.15. The van der Waals surface area contributed by atoms with Crippen LogP contribution in [0.2, 0.25) is 10.0 Å². The molecule has 0 aliphatic heterocycles. The normalized spacial score (nSPS) is 10.6. The number of benzene rings is 1. The van der Waals surface area contributed by atoms with E-state index < -0.39 is 18.5 Å². The zero-order chi connectivity index (χ0) is 13.5. The van der Waals surface area contributed by atoms with E-state index in [1.54, 1.807) is 18.2 Å². The highest BCUT2D eigenvalue weighted by Gasteiger charge is 2.01. The van der Waals surface area contributed by atoms with E-state index in [0.717, 1.165) is 6.08 Å². The molecule has 1 rings (SSSR count). The highest BCUT2D eigenvalue weighted by molar-refractivity contribution is 6.35. The Morgan fingerprint density at radius 1 is 1.39 bits per heavy atom. The average Bonchev–Trinajstić information content (AvgIpc) is 2.27. The number of carbonyl (C=O) groups excluding carboxylic acids is 1. The van der Waals surface area contributed by atoms with Gasteiger partial charge in [0.25, 0.3) is 5.91 Å². The standard InChI is InChI=1S/C11H9Cl2NO4/c12-8-3-1-7(9(13)5-8)2-4-10(15)14-18-6-11(16)17/h1-5H,6H2,(H,14,15)(H,16,17)/b4-2+. The molecule has 1 aromatic carbocycles. The Hall–Kier alpha value is -1.56. The summed E-state index contributed by atoms with van der Waals surface area (Å²) in [6, 6.07) is 4.82. The minimum Gasteiger partial charge on any atom is -0.479 e. The lowest BCUT2D eigenvalue weighted by molar-refractivity contribution is -0.147. The van der Waals surface area contributed by atoms with Crippen LogP contribution < -0.4 is 5.48 Å². The van der Waals surface area contributed by atoms with Crippen molar-refractivity contribution in [1.29, 1.82) is 0 Å². The number of nitrogens with one attached hydrogen (secondary N) is 1. The predicted octanol–water partition coefficient (Wildman–Crippen LogP) is 2.14. The van der Waals surface area contributed by atoms with Crippen molar-refractivity contribution in [3.63, 3.8) is 0 Å². The minimum absolute atomic E-state index is 0.401. The van der Waals surface area contributed by atoms with E-state index in [1.807, 2.05) is 5.48 Å². The van der Waals surface area contributed by atoms with Gasteiger partial charge >= 0.3 is 5.97 Å². The molecule has 0 saturated carbocycles. The molecule has 0 radical (unpaired) electrons. The SMILES string of the molecule is O=C(O)CONC(=O)/C=C/c1ccc(Cl)cc1Cl. The molecule has 0 saturated heterocycles. The smallest absolute Gasteiger partial charge is 0.332 e. The number of amides is 1. The van der Waals surface area contributed by atoms with Gasteiger partial charge in [-0.05, 0) is 23.8 Å². The molecule has 96 valence electrons. The van der Waals surface area contributed by atoms with Crippen molar-refractivity contribution in [2.75, 3.05) is 6.61 Å². The van der Waals surface area contributed by atoms with Gasteiger partial charge in [0.05, 0.1) is 0 Å². The molecule has 0 heterocycles. The number of rotatable bonds is 5. The first-order valence-corrected chi connectivity index (χ1v) is 5.51. The quantitative estimate of drug-likeness (QED) is 0.643. The molecule has 0 aliphatic carbocycles. The van der Waals surface area contributed by atoms with Crippen LogP contribution in [0.15, 0.2) is 24.3 Å². The van der Waals surface area contributed by atoms with Crippen LogP contribution >= 0.6 is 23.2 Å². The minimum atomic E-state index is -1.18. The molecule has 1 amide bonds. The van der Waals surface area contributed by atoms with Crippen molar-refractivity contribution in [2.45, 2.75) is 0 Å². The lowest BCUT2D eigenvalue weighted by Crippen LogP contribution is -2.24. The fourth-order valence-electron chi connectivity index (χ4n) is 1.01. The van der Waals surface area contributed by atoms with Crippen LogP contribution in [0.3, 0.4) is 0 Å². The molecule has 0 unspecified atom stereocenters. The third-order valence-corrected chi connectivity index (χ3v) is 2.31. The average molecular weight is 290 g/mol. The van der Waals surface area contributed by atoms with Gasteiger partial charge in [-0.2, -0.15) is 0 Å². The fourth-order valence-corrected chi connectivity index (χ4v) is 1.48. The number of hydrogen-bond donors (Lipinski definition) is 2. The first-order valence-electron chi connectivity index (χ1n) is 4.75. The van der Waals surface area contributed by atoms with Crippen LogP contribution in [-0.4, -0.2) is 23.6 Å². The summed E-state index contributed by atoms with van der Waals surface area (Å²) in [6.07, 6.45) is 2.62. The molecule has 0 fully saturated rings. The summed E-state index contributed by atoms with van der Waals surface area (Å²) in [5, 5.41) is 9.17. The van der Waals surface area contributed by atoms with Crippen molar-refractivity contribution >= 4 is 41.2 Å². The number of carboxylic acid groups (broad SMARTS) is 1. The third kappa shape index (κ3) is 5.18. The van der Waals surface area contributed by atoms with Gasteiger partial charge in [0.1, 0.15) is 0 Å². The van der Waals surface area contributed by atoms with E-state index in [-0.39, 0.29) is 0 Å². The molecule has 0 atom stereocenters. The summed E-state index contributed by atoms with van der Waals surface area (Å²) in [7, 11) is 0. The highest BCUT2D eigenvalue weighted by atomic mass is 35.5. The topological polar surface area (TPSA) is 75.6 Å². The van der Waals surface area contributed by atoms with E-state index in [2.05, 4.69) is 4.84 Å². The summed E-state index contributed by atoms with van der Waals surface area (Å²) in [4.78, 5) is 25.7. The highest BCUT2D eigenvalue weighted by Crippen LogP contribution is 2.21. The Morgan fingerprint density at radius 3 is 2.72 bits per heavy atom. The van der Waals surface area contributed by atoms with Crippen LogP contribution in [0, 0.1) is 0 Å². The lowest BCUT2D eigenvalue weighted by Gasteiger charge is -2.00. The van der Waals surface area contributed by atoms with Crippen molar-refractivity contribution in [3.05, 3.63) is 39.9 Å². The van der Waals surface area contributed by atoms with Crippen LogP contribution in [0.25, 0.3) is 6.08 Å². The molecule has 1 aromatic rings. The molecule has 2 N–H and O–H groups in total. The molecule has 0 aromatic heterocycles. The fraction of sp³-hybridized carbons (Fsp3) is 0.0909. The molecule has 0 spiro atoms. The number of hydroxylamine groups is 1. The molecular weight excluding hydrogens is 281 g/mol. The molecule has 7 heteroatoms. The predicted molar refractivity (Wildman–Crippen MR) is 67.2 cm³/mol. The Kier molecular flexibility index (Phi) is 5.64. The number of aliphatic carboxylic acids is 1.